The average molecular weight is 439 g/mol. The summed E-state index contributed by atoms with van der Waals surface area (Å²) in [5, 5.41) is 3.66. The van der Waals surface area contributed by atoms with Crippen LogP contribution in [0.25, 0.3) is 10.6 Å². The van der Waals surface area contributed by atoms with Crippen LogP contribution in [-0.2, 0) is 17.4 Å². The van der Waals surface area contributed by atoms with Gasteiger partial charge in [0.2, 0.25) is 5.95 Å². The molecule has 0 radical (unpaired) electrons. The maximum Gasteiger partial charge on any atom is 0.419 e. The minimum absolute atomic E-state index is 0.0614. The minimum Gasteiger partial charge on any atom is -0.339 e. The molecule has 0 aliphatic carbocycles. The second-order valence-corrected chi connectivity index (χ2v) is 8.93. The lowest BCUT2D eigenvalue weighted by Crippen LogP contribution is -2.51. The number of carbonyl (C=O) groups excluding carboxylic acids is 1. The quantitative estimate of drug-likeness (QED) is 0.600. The number of halogens is 3. The summed E-state index contributed by atoms with van der Waals surface area (Å²) in [6, 6.07) is 0. The number of hydrogen-bond acceptors (Lipinski definition) is 8. The molecule has 11 heteroatoms. The molecular weight excluding hydrogens is 423 g/mol. The van der Waals surface area contributed by atoms with E-state index in [2.05, 4.69) is 19.9 Å². The van der Waals surface area contributed by atoms with Gasteiger partial charge in [0.25, 0.3) is 0 Å². The molecule has 3 aromatic rings. The zero-order valence-corrected chi connectivity index (χ0v) is 17.2. The first-order valence-corrected chi connectivity index (χ1v) is 10.5. The maximum absolute atomic E-state index is 12.6. The third-order valence-electron chi connectivity index (χ3n) is 4.60. The normalized spacial score (nSPS) is 14.9. The molecule has 6 nitrogen and oxygen atoms in total. The SMILES string of the molecule is Cc1nc(C)c(-c2csc(CC(=O)C3CN(c4ncc(C(F)(F)F)cn4)C3)n2)s1. The number of Topliss-reactive ketones (excluding diaryl/α,β-unsaturated/α-hetero) is 1. The van der Waals surface area contributed by atoms with Crippen molar-refractivity contribution in [3.63, 3.8) is 0 Å². The lowest BCUT2D eigenvalue weighted by atomic mass is 9.94. The molecule has 0 spiro atoms. The highest BCUT2D eigenvalue weighted by molar-refractivity contribution is 7.16. The van der Waals surface area contributed by atoms with Crippen LogP contribution in [0.3, 0.4) is 0 Å². The summed E-state index contributed by atoms with van der Waals surface area (Å²) in [4.78, 5) is 31.7. The van der Waals surface area contributed by atoms with Gasteiger partial charge in [-0.15, -0.1) is 22.7 Å². The Balaban J connectivity index is 1.34. The van der Waals surface area contributed by atoms with Gasteiger partial charge in [0.05, 0.1) is 39.2 Å². The molecule has 0 bridgehead atoms. The van der Waals surface area contributed by atoms with E-state index in [1.807, 2.05) is 19.2 Å². The van der Waals surface area contributed by atoms with E-state index in [4.69, 9.17) is 0 Å². The van der Waals surface area contributed by atoms with Crippen LogP contribution in [0, 0.1) is 19.8 Å². The Morgan fingerprint density at radius 2 is 1.90 bits per heavy atom. The molecule has 4 heterocycles. The molecule has 1 saturated heterocycles. The van der Waals surface area contributed by atoms with Crippen LogP contribution in [0.5, 0.6) is 0 Å². The first kappa shape index (κ1) is 19.9. The van der Waals surface area contributed by atoms with Crippen molar-refractivity contribution in [3.8, 4) is 10.6 Å². The third kappa shape index (κ3) is 4.15. The standard InChI is InChI=1S/C18H16F3N5OS2/c1-9-16(29-10(2)24-9)13-8-28-15(25-13)3-14(27)11-6-26(7-11)17-22-4-12(5-23-17)18(19,20)21/h4-5,8,11H,3,6-7H2,1-2H3. The van der Waals surface area contributed by atoms with Crippen molar-refractivity contribution in [2.24, 2.45) is 5.92 Å². The number of carbonyl (C=O) groups is 1. The summed E-state index contributed by atoms with van der Waals surface area (Å²) >= 11 is 3.02. The summed E-state index contributed by atoms with van der Waals surface area (Å²) in [6.45, 7) is 4.68. The van der Waals surface area contributed by atoms with Crippen LogP contribution in [0.4, 0.5) is 19.1 Å². The number of thiazole rings is 2. The van der Waals surface area contributed by atoms with Crippen LogP contribution in [0.1, 0.15) is 21.3 Å². The molecule has 4 rings (SSSR count). The Hall–Kier alpha value is -2.40. The smallest absolute Gasteiger partial charge is 0.339 e. The Labute approximate surface area is 172 Å². The van der Waals surface area contributed by atoms with Crippen molar-refractivity contribution >= 4 is 34.4 Å². The maximum atomic E-state index is 12.6. The lowest BCUT2D eigenvalue weighted by molar-refractivity contribution is -0.138. The van der Waals surface area contributed by atoms with E-state index >= 15 is 0 Å². The van der Waals surface area contributed by atoms with Crippen molar-refractivity contribution in [3.05, 3.63) is 39.0 Å². The van der Waals surface area contributed by atoms with Gasteiger partial charge >= 0.3 is 6.18 Å². The van der Waals surface area contributed by atoms with E-state index in [9.17, 15) is 18.0 Å². The molecule has 0 N–H and O–H groups in total. The van der Waals surface area contributed by atoms with Crippen molar-refractivity contribution in [2.45, 2.75) is 26.4 Å². The Morgan fingerprint density at radius 3 is 2.48 bits per heavy atom. The summed E-state index contributed by atoms with van der Waals surface area (Å²) in [7, 11) is 0. The van der Waals surface area contributed by atoms with E-state index in [0.29, 0.717) is 13.1 Å². The summed E-state index contributed by atoms with van der Waals surface area (Å²) in [5.41, 5.74) is 0.886. The van der Waals surface area contributed by atoms with Crippen LogP contribution >= 0.6 is 22.7 Å². The van der Waals surface area contributed by atoms with E-state index in [-0.39, 0.29) is 24.1 Å². The molecule has 1 fully saturated rings. The highest BCUT2D eigenvalue weighted by Gasteiger charge is 2.36. The molecule has 152 valence electrons. The highest BCUT2D eigenvalue weighted by Crippen LogP contribution is 2.32. The van der Waals surface area contributed by atoms with Gasteiger partial charge in [-0.3, -0.25) is 4.79 Å². The summed E-state index contributed by atoms with van der Waals surface area (Å²) < 4.78 is 37.7. The number of anilines is 1. The van der Waals surface area contributed by atoms with Crippen LogP contribution in [-0.4, -0.2) is 38.8 Å². The Bertz CT molecular complexity index is 1040. The Morgan fingerprint density at radius 1 is 1.21 bits per heavy atom. The number of nitrogens with zero attached hydrogens (tertiary/aromatic N) is 5. The van der Waals surface area contributed by atoms with E-state index in [1.54, 1.807) is 16.2 Å². The number of aryl methyl sites for hydroxylation is 2. The van der Waals surface area contributed by atoms with Crippen LogP contribution in [0.15, 0.2) is 17.8 Å². The first-order valence-electron chi connectivity index (χ1n) is 8.76. The van der Waals surface area contributed by atoms with Crippen molar-refractivity contribution in [1.82, 2.24) is 19.9 Å². The number of hydrogen-bond donors (Lipinski definition) is 0. The van der Waals surface area contributed by atoms with E-state index in [0.717, 1.165) is 38.7 Å². The summed E-state index contributed by atoms with van der Waals surface area (Å²) in [6.07, 6.45) is -2.70. The number of aromatic nitrogens is 4. The highest BCUT2D eigenvalue weighted by atomic mass is 32.1. The average Bonchev–Trinajstić information content (AvgIpc) is 3.19. The molecular formula is C18H16F3N5OS2. The lowest BCUT2D eigenvalue weighted by Gasteiger charge is -2.38. The van der Waals surface area contributed by atoms with Gasteiger partial charge in [-0.05, 0) is 13.8 Å². The van der Waals surface area contributed by atoms with Crippen molar-refractivity contribution in [1.29, 1.82) is 0 Å². The predicted octanol–water partition coefficient (Wildman–Crippen LogP) is 3.94. The van der Waals surface area contributed by atoms with Crippen LogP contribution in [0.2, 0.25) is 0 Å². The van der Waals surface area contributed by atoms with Gasteiger partial charge in [-0.25, -0.2) is 19.9 Å². The fourth-order valence-electron chi connectivity index (χ4n) is 3.04. The molecule has 0 saturated carbocycles. The van der Waals surface area contributed by atoms with Gasteiger partial charge < -0.3 is 4.90 Å². The second kappa shape index (κ2) is 7.45. The van der Waals surface area contributed by atoms with Crippen molar-refractivity contribution < 1.29 is 18.0 Å². The molecule has 0 atom stereocenters. The number of rotatable bonds is 5. The monoisotopic (exact) mass is 439 g/mol. The van der Waals surface area contributed by atoms with Crippen molar-refractivity contribution in [2.75, 3.05) is 18.0 Å². The number of ketones is 1. The third-order valence-corrected chi connectivity index (χ3v) is 6.54. The predicted molar refractivity (Wildman–Crippen MR) is 104 cm³/mol. The van der Waals surface area contributed by atoms with Gasteiger partial charge in [-0.1, -0.05) is 0 Å². The molecule has 0 aromatic carbocycles. The topological polar surface area (TPSA) is 71.9 Å². The molecule has 1 aliphatic rings. The molecule has 29 heavy (non-hydrogen) atoms. The fourth-order valence-corrected chi connectivity index (χ4v) is 4.79. The van der Waals surface area contributed by atoms with E-state index in [1.165, 1.54) is 11.3 Å². The Kier molecular flexibility index (Phi) is 5.11. The van der Waals surface area contributed by atoms with Crippen LogP contribution < -0.4 is 4.90 Å². The van der Waals surface area contributed by atoms with Gasteiger partial charge in [0.15, 0.2) is 0 Å². The van der Waals surface area contributed by atoms with Gasteiger partial charge in [0, 0.05) is 30.9 Å². The van der Waals surface area contributed by atoms with Gasteiger partial charge in [-0.2, -0.15) is 13.2 Å². The zero-order chi connectivity index (χ0) is 20.8. The van der Waals surface area contributed by atoms with Gasteiger partial charge in [0.1, 0.15) is 10.8 Å². The minimum atomic E-state index is -4.46. The largest absolute Gasteiger partial charge is 0.419 e. The number of alkyl halides is 3. The second-order valence-electron chi connectivity index (χ2n) is 6.79. The molecule has 3 aromatic heterocycles. The summed E-state index contributed by atoms with van der Waals surface area (Å²) in [5.74, 6) is 0.0709. The first-order chi connectivity index (χ1) is 13.7. The molecule has 0 unspecified atom stereocenters. The fraction of sp³-hybridized carbons (Fsp3) is 0.389. The van der Waals surface area contributed by atoms with E-state index < -0.39 is 11.7 Å². The molecule has 1 aliphatic heterocycles. The zero-order valence-electron chi connectivity index (χ0n) is 15.5. The molecule has 0 amide bonds.